The Labute approximate surface area is 164 Å². The number of urea groups is 1. The maximum absolute atomic E-state index is 12.4. The largest absolute Gasteiger partial charge is 0.394 e. The Morgan fingerprint density at radius 2 is 2.00 bits per heavy atom. The SMILES string of the molecule is Cc1noc(C)c1NC(=O)N[C@@H]1C=C[C@H](CC(=O)N2CCCCC2)O[C@H]1CO. The van der Waals surface area contributed by atoms with Crippen LogP contribution in [0.3, 0.4) is 0 Å². The number of ether oxygens (including phenoxy) is 1. The van der Waals surface area contributed by atoms with Crippen LogP contribution >= 0.6 is 0 Å². The normalized spacial score (nSPS) is 24.8. The molecule has 1 aromatic heterocycles. The summed E-state index contributed by atoms with van der Waals surface area (Å²) in [6.45, 7) is 4.76. The molecule has 1 saturated heterocycles. The number of anilines is 1. The fraction of sp³-hybridized carbons (Fsp3) is 0.632. The van der Waals surface area contributed by atoms with Gasteiger partial charge >= 0.3 is 6.03 Å². The van der Waals surface area contributed by atoms with Gasteiger partial charge in [0.05, 0.1) is 25.2 Å². The van der Waals surface area contributed by atoms with Gasteiger partial charge in [-0.3, -0.25) is 4.79 Å². The zero-order chi connectivity index (χ0) is 20.1. The number of carbonyl (C=O) groups is 2. The predicted octanol–water partition coefficient (Wildman–Crippen LogP) is 1.50. The minimum atomic E-state index is -0.625. The first-order valence-electron chi connectivity index (χ1n) is 9.70. The van der Waals surface area contributed by atoms with Crippen molar-refractivity contribution in [2.24, 2.45) is 0 Å². The molecule has 3 heterocycles. The molecule has 9 nitrogen and oxygen atoms in total. The molecule has 0 spiro atoms. The van der Waals surface area contributed by atoms with Crippen molar-refractivity contribution in [2.75, 3.05) is 25.0 Å². The molecule has 154 valence electrons. The van der Waals surface area contributed by atoms with Gasteiger partial charge in [0.2, 0.25) is 5.91 Å². The van der Waals surface area contributed by atoms with Crippen molar-refractivity contribution in [2.45, 2.75) is 57.8 Å². The highest BCUT2D eigenvalue weighted by molar-refractivity contribution is 5.90. The molecule has 9 heteroatoms. The first-order valence-corrected chi connectivity index (χ1v) is 9.70. The van der Waals surface area contributed by atoms with Gasteiger partial charge in [-0.05, 0) is 33.1 Å². The van der Waals surface area contributed by atoms with Crippen LogP contribution in [0.25, 0.3) is 0 Å². The highest BCUT2D eigenvalue weighted by Gasteiger charge is 2.30. The molecule has 3 atom stereocenters. The van der Waals surface area contributed by atoms with Crippen molar-refractivity contribution >= 4 is 17.6 Å². The Bertz CT molecular complexity index is 706. The summed E-state index contributed by atoms with van der Waals surface area (Å²) >= 11 is 0. The van der Waals surface area contributed by atoms with E-state index in [0.29, 0.717) is 17.1 Å². The van der Waals surface area contributed by atoms with Gasteiger partial charge in [0.1, 0.15) is 17.5 Å². The van der Waals surface area contributed by atoms with Crippen molar-refractivity contribution in [3.8, 4) is 0 Å². The number of likely N-dealkylation sites (tertiary alicyclic amines) is 1. The third-order valence-electron chi connectivity index (χ3n) is 5.12. The number of aliphatic hydroxyl groups is 1. The molecular weight excluding hydrogens is 364 g/mol. The Balaban J connectivity index is 1.55. The molecule has 0 aromatic carbocycles. The average molecular weight is 392 g/mol. The third-order valence-corrected chi connectivity index (χ3v) is 5.12. The number of rotatable bonds is 5. The summed E-state index contributed by atoms with van der Waals surface area (Å²) in [6.07, 6.45) is 6.00. The molecular formula is C19H28N4O5. The van der Waals surface area contributed by atoms with Gasteiger partial charge in [0.25, 0.3) is 0 Å². The number of amides is 3. The molecule has 1 aromatic rings. The van der Waals surface area contributed by atoms with E-state index in [9.17, 15) is 14.7 Å². The number of aliphatic hydroxyl groups excluding tert-OH is 1. The van der Waals surface area contributed by atoms with Gasteiger partial charge in [0, 0.05) is 13.1 Å². The van der Waals surface area contributed by atoms with Crippen LogP contribution in [-0.2, 0) is 9.53 Å². The lowest BCUT2D eigenvalue weighted by Crippen LogP contribution is -2.50. The van der Waals surface area contributed by atoms with Crippen LogP contribution in [0.4, 0.5) is 10.5 Å². The molecule has 0 saturated carbocycles. The van der Waals surface area contributed by atoms with Crippen LogP contribution in [0.2, 0.25) is 0 Å². The van der Waals surface area contributed by atoms with Crippen molar-refractivity contribution in [3.63, 3.8) is 0 Å². The predicted molar refractivity (Wildman–Crippen MR) is 102 cm³/mol. The molecule has 0 aliphatic carbocycles. The summed E-state index contributed by atoms with van der Waals surface area (Å²) < 4.78 is 10.9. The fourth-order valence-corrected chi connectivity index (χ4v) is 3.54. The zero-order valence-corrected chi connectivity index (χ0v) is 16.3. The van der Waals surface area contributed by atoms with E-state index in [4.69, 9.17) is 9.26 Å². The Morgan fingerprint density at radius 1 is 1.25 bits per heavy atom. The van der Waals surface area contributed by atoms with Crippen LogP contribution in [0, 0.1) is 13.8 Å². The number of hydrogen-bond donors (Lipinski definition) is 3. The second kappa shape index (κ2) is 9.20. The number of aryl methyl sites for hydroxylation is 2. The lowest BCUT2D eigenvalue weighted by molar-refractivity contribution is -0.136. The van der Waals surface area contributed by atoms with Crippen LogP contribution in [-0.4, -0.2) is 65.0 Å². The second-order valence-electron chi connectivity index (χ2n) is 7.25. The average Bonchev–Trinajstić information content (AvgIpc) is 3.01. The standard InChI is InChI=1S/C19H28N4O5/c1-12-18(13(2)28-22-12)21-19(26)20-15-7-6-14(27-16(15)11-24)10-17(25)23-8-4-3-5-9-23/h6-7,14-16,24H,3-5,8-11H2,1-2H3,(H2,20,21,26)/t14-,15-,16+/m1/s1. The molecule has 3 rings (SSSR count). The first-order chi connectivity index (χ1) is 13.5. The van der Waals surface area contributed by atoms with Gasteiger partial charge in [0.15, 0.2) is 5.76 Å². The van der Waals surface area contributed by atoms with Crippen LogP contribution in [0.15, 0.2) is 16.7 Å². The zero-order valence-electron chi connectivity index (χ0n) is 16.3. The molecule has 1 fully saturated rings. The quantitative estimate of drug-likeness (QED) is 0.654. The maximum Gasteiger partial charge on any atom is 0.319 e. The summed E-state index contributed by atoms with van der Waals surface area (Å²) in [4.78, 5) is 26.6. The molecule has 28 heavy (non-hydrogen) atoms. The van der Waals surface area contributed by atoms with Crippen molar-refractivity contribution in [1.29, 1.82) is 0 Å². The van der Waals surface area contributed by atoms with Gasteiger partial charge in [-0.1, -0.05) is 17.3 Å². The number of piperidine rings is 1. The number of nitrogens with one attached hydrogen (secondary N) is 2. The summed E-state index contributed by atoms with van der Waals surface area (Å²) in [5.74, 6) is 0.576. The van der Waals surface area contributed by atoms with E-state index < -0.39 is 24.3 Å². The molecule has 2 aliphatic heterocycles. The van der Waals surface area contributed by atoms with Crippen LogP contribution in [0.1, 0.15) is 37.1 Å². The van der Waals surface area contributed by atoms with E-state index in [1.807, 2.05) is 4.90 Å². The van der Waals surface area contributed by atoms with Crippen molar-refractivity contribution in [1.82, 2.24) is 15.4 Å². The minimum Gasteiger partial charge on any atom is -0.394 e. The van der Waals surface area contributed by atoms with Crippen LogP contribution in [0.5, 0.6) is 0 Å². The highest BCUT2D eigenvalue weighted by atomic mass is 16.5. The van der Waals surface area contributed by atoms with E-state index in [1.165, 1.54) is 6.42 Å². The minimum absolute atomic E-state index is 0.0635. The number of aromatic nitrogens is 1. The lowest BCUT2D eigenvalue weighted by atomic mass is 10.0. The summed E-state index contributed by atoms with van der Waals surface area (Å²) in [6, 6.07) is -0.958. The number of nitrogens with zero attached hydrogens (tertiary/aromatic N) is 2. The summed E-state index contributed by atoms with van der Waals surface area (Å²) in [5.41, 5.74) is 1.10. The van der Waals surface area contributed by atoms with Gasteiger partial charge in [-0.15, -0.1) is 0 Å². The molecule has 0 bridgehead atoms. The lowest BCUT2D eigenvalue weighted by Gasteiger charge is -2.33. The van der Waals surface area contributed by atoms with Gasteiger partial charge in [-0.2, -0.15) is 0 Å². The van der Waals surface area contributed by atoms with E-state index in [-0.39, 0.29) is 18.9 Å². The monoisotopic (exact) mass is 392 g/mol. The molecule has 0 radical (unpaired) electrons. The van der Waals surface area contributed by atoms with E-state index in [1.54, 1.807) is 26.0 Å². The van der Waals surface area contributed by atoms with Gasteiger partial charge in [-0.25, -0.2) is 4.79 Å². The van der Waals surface area contributed by atoms with Crippen molar-refractivity contribution in [3.05, 3.63) is 23.6 Å². The maximum atomic E-state index is 12.4. The molecule has 3 N–H and O–H groups in total. The second-order valence-corrected chi connectivity index (χ2v) is 7.25. The number of carbonyl (C=O) groups excluding carboxylic acids is 2. The summed E-state index contributed by atoms with van der Waals surface area (Å²) in [7, 11) is 0. The number of hydrogen-bond acceptors (Lipinski definition) is 6. The first kappa shape index (κ1) is 20.3. The molecule has 2 aliphatic rings. The Hall–Kier alpha value is -2.39. The fourth-order valence-electron chi connectivity index (χ4n) is 3.54. The van der Waals surface area contributed by atoms with Crippen molar-refractivity contribution < 1.29 is 24.0 Å². The van der Waals surface area contributed by atoms with E-state index in [2.05, 4.69) is 15.8 Å². The Morgan fingerprint density at radius 3 is 2.64 bits per heavy atom. The van der Waals surface area contributed by atoms with Crippen LogP contribution < -0.4 is 10.6 Å². The Kier molecular flexibility index (Phi) is 6.69. The molecule has 0 unspecified atom stereocenters. The van der Waals surface area contributed by atoms with E-state index in [0.717, 1.165) is 25.9 Å². The third kappa shape index (κ3) is 4.90. The topological polar surface area (TPSA) is 117 Å². The van der Waals surface area contributed by atoms with E-state index >= 15 is 0 Å². The molecule has 3 amide bonds. The van der Waals surface area contributed by atoms with Gasteiger partial charge < -0.3 is 29.9 Å². The summed E-state index contributed by atoms with van der Waals surface area (Å²) in [5, 5.41) is 18.9. The smallest absolute Gasteiger partial charge is 0.319 e. The highest BCUT2D eigenvalue weighted by Crippen LogP contribution is 2.20.